The highest BCUT2D eigenvalue weighted by molar-refractivity contribution is 5.33. The maximum absolute atomic E-state index is 13.3. The summed E-state index contributed by atoms with van der Waals surface area (Å²) in [5.41, 5.74) is -1.10. The summed E-state index contributed by atoms with van der Waals surface area (Å²) in [5, 5.41) is 12.5. The Labute approximate surface area is 114 Å². The van der Waals surface area contributed by atoms with E-state index >= 15 is 0 Å². The predicted molar refractivity (Wildman–Crippen MR) is 65.7 cm³/mol. The molecule has 2 rings (SSSR count). The molecule has 0 aliphatic carbocycles. The summed E-state index contributed by atoms with van der Waals surface area (Å²) in [5.74, 6) is -0.735. The van der Waals surface area contributed by atoms with Gasteiger partial charge in [-0.05, 0) is 23.8 Å². The van der Waals surface area contributed by atoms with E-state index < -0.39 is 30.2 Å². The largest absolute Gasteiger partial charge is 0.416 e. The number of rotatable bonds is 3. The summed E-state index contributed by atoms with van der Waals surface area (Å²) < 4.78 is 52.3. The van der Waals surface area contributed by atoms with Gasteiger partial charge in [0.1, 0.15) is 5.82 Å². The number of nitrogens with one attached hydrogen (secondary N) is 1. The van der Waals surface area contributed by atoms with Crippen molar-refractivity contribution < 1.29 is 22.7 Å². The van der Waals surface area contributed by atoms with E-state index in [2.05, 4.69) is 5.32 Å². The van der Waals surface area contributed by atoms with Crippen molar-refractivity contribution in [2.75, 3.05) is 32.8 Å². The van der Waals surface area contributed by atoms with Crippen LogP contribution in [0.5, 0.6) is 0 Å². The van der Waals surface area contributed by atoms with Crippen LogP contribution in [-0.2, 0) is 6.18 Å². The summed E-state index contributed by atoms with van der Waals surface area (Å²) in [6, 6.07) is 1.55. The maximum atomic E-state index is 13.3. The number of halogens is 4. The van der Waals surface area contributed by atoms with Crippen LogP contribution in [0.4, 0.5) is 17.6 Å². The van der Waals surface area contributed by atoms with Crippen molar-refractivity contribution in [1.29, 1.82) is 0 Å². The van der Waals surface area contributed by atoms with E-state index in [0.717, 1.165) is 18.2 Å². The van der Waals surface area contributed by atoms with Crippen molar-refractivity contribution in [2.24, 2.45) is 0 Å². The van der Waals surface area contributed by atoms with Gasteiger partial charge in [-0.15, -0.1) is 0 Å². The number of aliphatic hydroxyl groups is 1. The van der Waals surface area contributed by atoms with Crippen LogP contribution in [-0.4, -0.2) is 42.8 Å². The molecule has 20 heavy (non-hydrogen) atoms. The molecule has 0 amide bonds. The highest BCUT2D eigenvalue weighted by Gasteiger charge is 2.36. The molecule has 0 radical (unpaired) electrons. The molecule has 1 aliphatic rings. The Bertz CT molecular complexity index is 458. The molecule has 1 aromatic rings. The molecule has 1 fully saturated rings. The molecule has 0 aromatic heterocycles. The third kappa shape index (κ3) is 3.28. The van der Waals surface area contributed by atoms with Crippen LogP contribution in [0.3, 0.4) is 0 Å². The van der Waals surface area contributed by atoms with Gasteiger partial charge in [-0.25, -0.2) is 4.39 Å². The summed E-state index contributed by atoms with van der Waals surface area (Å²) in [7, 11) is 0. The van der Waals surface area contributed by atoms with Crippen LogP contribution in [0.2, 0.25) is 0 Å². The van der Waals surface area contributed by atoms with Crippen LogP contribution in [0.1, 0.15) is 17.2 Å². The molecular weight excluding hydrogens is 276 g/mol. The topological polar surface area (TPSA) is 35.5 Å². The minimum Gasteiger partial charge on any atom is -0.394 e. The first kappa shape index (κ1) is 15.2. The van der Waals surface area contributed by atoms with E-state index in [-0.39, 0.29) is 5.56 Å². The number of aliphatic hydroxyl groups excluding tert-OH is 1. The molecule has 7 heteroatoms. The molecule has 0 bridgehead atoms. The SMILES string of the molecule is OC[C@H](c1cc(F)ccc1C(F)(F)F)N1CCNCC1. The Kier molecular flexibility index (Phi) is 4.62. The lowest BCUT2D eigenvalue weighted by atomic mass is 9.98. The Morgan fingerprint density at radius 1 is 1.25 bits per heavy atom. The minimum absolute atomic E-state index is 0.207. The quantitative estimate of drug-likeness (QED) is 0.834. The van der Waals surface area contributed by atoms with E-state index in [4.69, 9.17) is 0 Å². The maximum Gasteiger partial charge on any atom is 0.416 e. The molecule has 1 aromatic carbocycles. The standard InChI is InChI=1S/C13H16F4N2O/c14-9-1-2-11(13(15,16)17)10(7-9)12(8-20)19-5-3-18-4-6-19/h1-2,7,12,18,20H,3-6,8H2/t12-/m1/s1. The lowest BCUT2D eigenvalue weighted by Crippen LogP contribution is -2.46. The van der Waals surface area contributed by atoms with Gasteiger partial charge in [-0.2, -0.15) is 13.2 Å². The summed E-state index contributed by atoms with van der Waals surface area (Å²) in [4.78, 5) is 1.74. The molecule has 1 atom stereocenters. The highest BCUT2D eigenvalue weighted by Crippen LogP contribution is 2.36. The lowest BCUT2D eigenvalue weighted by molar-refractivity contribution is -0.139. The van der Waals surface area contributed by atoms with Crippen molar-refractivity contribution in [3.05, 3.63) is 35.1 Å². The van der Waals surface area contributed by atoms with E-state index in [1.54, 1.807) is 4.90 Å². The molecule has 0 unspecified atom stereocenters. The van der Waals surface area contributed by atoms with Gasteiger partial charge in [0, 0.05) is 26.2 Å². The van der Waals surface area contributed by atoms with Gasteiger partial charge in [0.25, 0.3) is 0 Å². The van der Waals surface area contributed by atoms with Gasteiger partial charge in [-0.1, -0.05) is 0 Å². The second-order valence-electron chi connectivity index (χ2n) is 4.71. The zero-order valence-electron chi connectivity index (χ0n) is 10.8. The molecule has 1 heterocycles. The van der Waals surface area contributed by atoms with Crippen molar-refractivity contribution in [2.45, 2.75) is 12.2 Å². The molecule has 1 saturated heterocycles. The molecule has 0 spiro atoms. The monoisotopic (exact) mass is 292 g/mol. The van der Waals surface area contributed by atoms with E-state index in [1.165, 1.54) is 0 Å². The third-order valence-electron chi connectivity index (χ3n) is 3.44. The second kappa shape index (κ2) is 6.07. The van der Waals surface area contributed by atoms with Crippen LogP contribution in [0.25, 0.3) is 0 Å². The van der Waals surface area contributed by atoms with Gasteiger partial charge < -0.3 is 10.4 Å². The predicted octanol–water partition coefficient (Wildman–Crippen LogP) is 1.78. The molecular formula is C13H16F4N2O. The van der Waals surface area contributed by atoms with Crippen molar-refractivity contribution in [3.8, 4) is 0 Å². The molecule has 0 saturated carbocycles. The van der Waals surface area contributed by atoms with Gasteiger partial charge in [-0.3, -0.25) is 4.90 Å². The number of alkyl halides is 3. The van der Waals surface area contributed by atoms with Gasteiger partial charge in [0.2, 0.25) is 0 Å². The smallest absolute Gasteiger partial charge is 0.394 e. The lowest BCUT2D eigenvalue weighted by Gasteiger charge is -2.35. The number of benzene rings is 1. The minimum atomic E-state index is -4.56. The molecule has 1 aliphatic heterocycles. The first-order valence-corrected chi connectivity index (χ1v) is 6.35. The number of hydrogen-bond acceptors (Lipinski definition) is 3. The van der Waals surface area contributed by atoms with E-state index in [9.17, 15) is 22.7 Å². The van der Waals surface area contributed by atoms with Gasteiger partial charge in [0.15, 0.2) is 0 Å². The van der Waals surface area contributed by atoms with E-state index in [0.29, 0.717) is 26.2 Å². The fourth-order valence-corrected chi connectivity index (χ4v) is 2.47. The van der Waals surface area contributed by atoms with Crippen molar-refractivity contribution in [3.63, 3.8) is 0 Å². The first-order chi connectivity index (χ1) is 9.43. The fourth-order valence-electron chi connectivity index (χ4n) is 2.47. The first-order valence-electron chi connectivity index (χ1n) is 6.35. The summed E-state index contributed by atoms with van der Waals surface area (Å²) in [6.07, 6.45) is -4.56. The normalized spacial score (nSPS) is 19.1. The molecule has 3 nitrogen and oxygen atoms in total. The van der Waals surface area contributed by atoms with E-state index in [1.807, 2.05) is 0 Å². The van der Waals surface area contributed by atoms with Crippen molar-refractivity contribution in [1.82, 2.24) is 10.2 Å². The molecule has 2 N–H and O–H groups in total. The van der Waals surface area contributed by atoms with Crippen LogP contribution in [0.15, 0.2) is 18.2 Å². The van der Waals surface area contributed by atoms with Crippen LogP contribution < -0.4 is 5.32 Å². The Morgan fingerprint density at radius 3 is 2.45 bits per heavy atom. The average Bonchev–Trinajstić information content (AvgIpc) is 2.39. The molecule has 112 valence electrons. The Morgan fingerprint density at radius 2 is 1.90 bits per heavy atom. The number of piperazine rings is 1. The van der Waals surface area contributed by atoms with Crippen molar-refractivity contribution >= 4 is 0 Å². The van der Waals surface area contributed by atoms with Crippen LogP contribution >= 0.6 is 0 Å². The fraction of sp³-hybridized carbons (Fsp3) is 0.538. The number of hydrogen-bond donors (Lipinski definition) is 2. The Hall–Kier alpha value is -1.18. The zero-order valence-corrected chi connectivity index (χ0v) is 10.8. The second-order valence-corrected chi connectivity index (χ2v) is 4.71. The average molecular weight is 292 g/mol. The number of nitrogens with zero attached hydrogens (tertiary/aromatic N) is 1. The van der Waals surface area contributed by atoms with Gasteiger partial charge in [0.05, 0.1) is 18.2 Å². The van der Waals surface area contributed by atoms with Crippen LogP contribution in [0, 0.1) is 5.82 Å². The third-order valence-corrected chi connectivity index (χ3v) is 3.44. The summed E-state index contributed by atoms with van der Waals surface area (Å²) in [6.45, 7) is 1.81. The Balaban J connectivity index is 2.39. The van der Waals surface area contributed by atoms with Gasteiger partial charge >= 0.3 is 6.18 Å². The summed E-state index contributed by atoms with van der Waals surface area (Å²) >= 11 is 0. The highest BCUT2D eigenvalue weighted by atomic mass is 19.4. The zero-order chi connectivity index (χ0) is 14.8.